The smallest absolute Gasteiger partial charge is 0.121 e. The largest absolute Gasteiger partial charge is 0.376 e. The quantitative estimate of drug-likeness (QED) is 0.399. The lowest BCUT2D eigenvalue weighted by molar-refractivity contribution is 0.104. The van der Waals surface area contributed by atoms with Crippen LogP contribution in [0.25, 0.3) is 22.5 Å². The number of aryl methyl sites for hydroxylation is 2. The van der Waals surface area contributed by atoms with Gasteiger partial charge in [-0.2, -0.15) is 0 Å². The molecule has 0 spiro atoms. The van der Waals surface area contributed by atoms with Crippen LogP contribution in [0.4, 0.5) is 0 Å². The number of benzene rings is 2. The molecule has 4 heteroatoms. The van der Waals surface area contributed by atoms with E-state index in [0.29, 0.717) is 0 Å². The van der Waals surface area contributed by atoms with E-state index >= 15 is 0 Å². The average Bonchev–Trinajstić information content (AvgIpc) is 3.22. The van der Waals surface area contributed by atoms with Gasteiger partial charge in [0.2, 0.25) is 0 Å². The average molecular weight is 426 g/mol. The molecule has 2 aromatic carbocycles. The van der Waals surface area contributed by atoms with E-state index in [2.05, 4.69) is 53.6 Å². The minimum absolute atomic E-state index is 0.0157. The molecule has 1 aromatic heterocycles. The molecule has 1 aliphatic carbocycles. The van der Waals surface area contributed by atoms with Crippen molar-refractivity contribution in [3.63, 3.8) is 0 Å². The van der Waals surface area contributed by atoms with Gasteiger partial charge in [-0.25, -0.2) is 4.68 Å². The Hall–Kier alpha value is -2.46. The van der Waals surface area contributed by atoms with Crippen LogP contribution < -0.4 is 0 Å². The highest BCUT2D eigenvalue weighted by Crippen LogP contribution is 2.41. The maximum absolute atomic E-state index is 5.82. The Kier molecular flexibility index (Phi) is 14.1. The standard InChI is InChI=1S/C19H19N3O.4C2H6/c1-12-8-9-14-13(10-12)11-17(23-3)15-6-4-5-7-16(15)18-19(14)22(2)21-20-18;4*1-2/h4-10,17H,11H2,1-3H3;4*1-2H3. The lowest BCUT2D eigenvalue weighted by atomic mass is 9.87. The summed E-state index contributed by atoms with van der Waals surface area (Å²) in [5.41, 5.74) is 7.99. The van der Waals surface area contributed by atoms with E-state index in [1.807, 2.05) is 73.2 Å². The van der Waals surface area contributed by atoms with Crippen LogP contribution in [0.15, 0.2) is 42.5 Å². The maximum Gasteiger partial charge on any atom is 0.121 e. The first-order valence-corrected chi connectivity index (χ1v) is 11.8. The fourth-order valence-corrected chi connectivity index (χ4v) is 3.48. The van der Waals surface area contributed by atoms with Crippen LogP contribution >= 0.6 is 0 Å². The van der Waals surface area contributed by atoms with Gasteiger partial charge in [0.25, 0.3) is 0 Å². The van der Waals surface area contributed by atoms with Gasteiger partial charge in [0.15, 0.2) is 0 Å². The minimum Gasteiger partial charge on any atom is -0.376 e. The molecule has 0 aliphatic heterocycles. The zero-order chi connectivity index (χ0) is 24.0. The Morgan fingerprint density at radius 1 is 0.871 bits per heavy atom. The normalized spacial score (nSPS) is 12.7. The summed E-state index contributed by atoms with van der Waals surface area (Å²) in [7, 11) is 3.73. The van der Waals surface area contributed by atoms with Crippen LogP contribution in [0.2, 0.25) is 0 Å². The van der Waals surface area contributed by atoms with E-state index in [4.69, 9.17) is 4.74 Å². The Bertz CT molecular complexity index is 884. The van der Waals surface area contributed by atoms with Crippen molar-refractivity contribution in [2.24, 2.45) is 7.05 Å². The summed E-state index contributed by atoms with van der Waals surface area (Å²) in [4.78, 5) is 0. The summed E-state index contributed by atoms with van der Waals surface area (Å²) in [6.45, 7) is 18.1. The summed E-state index contributed by atoms with van der Waals surface area (Å²) < 4.78 is 7.69. The van der Waals surface area contributed by atoms with Gasteiger partial charge in [-0.15, -0.1) is 5.10 Å². The van der Waals surface area contributed by atoms with Gasteiger partial charge >= 0.3 is 0 Å². The number of fused-ring (bicyclic) bond motifs is 5. The summed E-state index contributed by atoms with van der Waals surface area (Å²) in [6, 6.07) is 14.9. The second-order valence-electron chi connectivity index (χ2n) is 6.09. The van der Waals surface area contributed by atoms with E-state index in [1.165, 1.54) is 22.3 Å². The first-order valence-electron chi connectivity index (χ1n) is 11.8. The third kappa shape index (κ3) is 6.51. The Morgan fingerprint density at radius 3 is 2.10 bits per heavy atom. The van der Waals surface area contributed by atoms with Crippen molar-refractivity contribution in [1.82, 2.24) is 15.0 Å². The molecule has 0 saturated heterocycles. The highest BCUT2D eigenvalue weighted by atomic mass is 16.5. The van der Waals surface area contributed by atoms with Gasteiger partial charge in [-0.05, 0) is 18.1 Å². The Balaban J connectivity index is 0.00000102. The summed E-state index contributed by atoms with van der Waals surface area (Å²) >= 11 is 0. The molecule has 1 unspecified atom stereocenters. The number of rotatable bonds is 1. The van der Waals surface area contributed by atoms with Gasteiger partial charge in [0.1, 0.15) is 5.69 Å². The molecular formula is C27H43N3O. The number of aromatic nitrogens is 3. The van der Waals surface area contributed by atoms with Crippen LogP contribution in [0, 0.1) is 6.92 Å². The van der Waals surface area contributed by atoms with Crippen LogP contribution in [0.5, 0.6) is 0 Å². The zero-order valence-corrected chi connectivity index (χ0v) is 21.6. The number of ether oxygens (including phenoxy) is 1. The molecular weight excluding hydrogens is 382 g/mol. The van der Waals surface area contributed by atoms with Crippen molar-refractivity contribution < 1.29 is 4.74 Å². The number of hydrogen-bond donors (Lipinski definition) is 0. The van der Waals surface area contributed by atoms with Gasteiger partial charge in [0.05, 0.1) is 11.8 Å². The third-order valence-corrected chi connectivity index (χ3v) is 4.60. The third-order valence-electron chi connectivity index (χ3n) is 4.60. The lowest BCUT2D eigenvalue weighted by Crippen LogP contribution is -2.11. The summed E-state index contributed by atoms with van der Waals surface area (Å²) in [6.07, 6.45) is 0.858. The fourth-order valence-electron chi connectivity index (χ4n) is 3.48. The van der Waals surface area contributed by atoms with Crippen LogP contribution in [-0.2, 0) is 18.2 Å². The van der Waals surface area contributed by atoms with E-state index in [9.17, 15) is 0 Å². The van der Waals surface area contributed by atoms with Crippen molar-refractivity contribution in [2.75, 3.05) is 7.11 Å². The van der Waals surface area contributed by atoms with E-state index in [1.54, 1.807) is 7.11 Å². The van der Waals surface area contributed by atoms with Crippen molar-refractivity contribution in [3.8, 4) is 22.5 Å². The van der Waals surface area contributed by atoms with Gasteiger partial charge in [-0.3, -0.25) is 0 Å². The second-order valence-corrected chi connectivity index (χ2v) is 6.09. The molecule has 3 aromatic rings. The lowest BCUT2D eigenvalue weighted by Gasteiger charge is -2.24. The number of hydrogen-bond acceptors (Lipinski definition) is 3. The Morgan fingerprint density at radius 2 is 1.48 bits per heavy atom. The monoisotopic (exact) mass is 425 g/mol. The molecule has 1 atom stereocenters. The molecule has 0 radical (unpaired) electrons. The topological polar surface area (TPSA) is 39.9 Å². The molecule has 172 valence electrons. The van der Waals surface area contributed by atoms with Crippen LogP contribution in [0.1, 0.15) is 78.2 Å². The molecule has 1 heterocycles. The fraction of sp³-hybridized carbons (Fsp3) is 0.481. The molecule has 0 bridgehead atoms. The van der Waals surface area contributed by atoms with Crippen molar-refractivity contribution in [1.29, 1.82) is 0 Å². The van der Waals surface area contributed by atoms with E-state index in [0.717, 1.165) is 23.4 Å². The minimum atomic E-state index is 0.0157. The first-order chi connectivity index (χ1) is 15.2. The SMILES string of the molecule is CC.CC.CC.CC.COC1Cc2cc(C)ccc2-c2c(nnn2C)-c2ccccc21. The highest BCUT2D eigenvalue weighted by Gasteiger charge is 2.27. The van der Waals surface area contributed by atoms with Gasteiger partial charge < -0.3 is 4.74 Å². The molecule has 0 N–H and O–H groups in total. The van der Waals surface area contributed by atoms with E-state index in [-0.39, 0.29) is 6.10 Å². The van der Waals surface area contributed by atoms with Gasteiger partial charge in [0, 0.05) is 31.7 Å². The molecule has 0 fully saturated rings. The number of nitrogens with zero attached hydrogens (tertiary/aromatic N) is 3. The predicted octanol–water partition coefficient (Wildman–Crippen LogP) is 7.81. The summed E-state index contributed by atoms with van der Waals surface area (Å²) in [5.74, 6) is 0. The second kappa shape index (κ2) is 15.4. The van der Waals surface area contributed by atoms with Crippen LogP contribution in [0.3, 0.4) is 0 Å². The van der Waals surface area contributed by atoms with Gasteiger partial charge in [-0.1, -0.05) is 109 Å². The van der Waals surface area contributed by atoms with Crippen molar-refractivity contribution in [3.05, 3.63) is 59.2 Å². The van der Waals surface area contributed by atoms with Crippen LogP contribution in [-0.4, -0.2) is 22.1 Å². The zero-order valence-electron chi connectivity index (χ0n) is 21.6. The molecule has 31 heavy (non-hydrogen) atoms. The number of methoxy groups -OCH3 is 1. The predicted molar refractivity (Wildman–Crippen MR) is 135 cm³/mol. The van der Waals surface area contributed by atoms with E-state index < -0.39 is 0 Å². The molecule has 0 amide bonds. The maximum atomic E-state index is 5.82. The van der Waals surface area contributed by atoms with Crippen molar-refractivity contribution in [2.45, 2.75) is 74.8 Å². The molecule has 0 saturated carbocycles. The molecule has 1 aliphatic rings. The first kappa shape index (κ1) is 28.5. The summed E-state index contributed by atoms with van der Waals surface area (Å²) in [5, 5.41) is 8.73. The highest BCUT2D eigenvalue weighted by molar-refractivity contribution is 5.82. The van der Waals surface area contributed by atoms with Crippen molar-refractivity contribution >= 4 is 0 Å². The Labute approximate surface area is 190 Å². The molecule has 4 nitrogen and oxygen atoms in total. The molecule has 4 rings (SSSR count).